The van der Waals surface area contributed by atoms with Gasteiger partial charge in [0.15, 0.2) is 0 Å². The molecule has 1 heterocycles. The van der Waals surface area contributed by atoms with Crippen molar-refractivity contribution in [2.24, 2.45) is 4.99 Å². The number of hydrogen-bond donors (Lipinski definition) is 2. The molecule has 6 nitrogen and oxygen atoms in total. The summed E-state index contributed by atoms with van der Waals surface area (Å²) >= 11 is 0. The van der Waals surface area contributed by atoms with E-state index < -0.39 is 0 Å². The molecule has 11 rings (SSSR count). The normalized spacial score (nSPS) is 11.3. The van der Waals surface area contributed by atoms with Crippen LogP contribution in [0.15, 0.2) is 242 Å². The maximum absolute atomic E-state index is 11.9. The van der Waals surface area contributed by atoms with E-state index in [2.05, 4.69) is 183 Å². The van der Waals surface area contributed by atoms with Crippen LogP contribution < -0.4 is 9.80 Å². The van der Waals surface area contributed by atoms with Crippen LogP contribution in [0.2, 0.25) is 0 Å². The fraction of sp³-hybridized carbons (Fsp3) is 0.0588. The van der Waals surface area contributed by atoms with Crippen LogP contribution >= 0.6 is 0 Å². The third-order valence-corrected chi connectivity index (χ3v) is 13.7. The van der Waals surface area contributed by atoms with Gasteiger partial charge in [-0.1, -0.05) is 121 Å². The fourth-order valence-corrected chi connectivity index (χ4v) is 10.5. The number of fused-ring (bicyclic) bond motifs is 1. The minimum absolute atomic E-state index is 0.126. The van der Waals surface area contributed by atoms with Crippen molar-refractivity contribution in [1.29, 1.82) is 0 Å². The van der Waals surface area contributed by atoms with E-state index in [0.29, 0.717) is 28.0 Å². The summed E-state index contributed by atoms with van der Waals surface area (Å²) in [5.41, 5.74) is 19.2. The van der Waals surface area contributed by atoms with E-state index in [1.165, 1.54) is 0 Å². The average Bonchev–Trinajstić information content (AvgIpc) is 3.42. The molecule has 0 aliphatic rings. The van der Waals surface area contributed by atoms with Gasteiger partial charge in [-0.2, -0.15) is 0 Å². The number of anilines is 6. The molecule has 1 aromatic heterocycles. The quantitative estimate of drug-likeness (QED) is 0.119. The lowest BCUT2D eigenvalue weighted by atomic mass is 9.92. The highest BCUT2D eigenvalue weighted by molar-refractivity contribution is 6.02. The number of aromatic nitrogens is 1. The lowest BCUT2D eigenvalue weighted by molar-refractivity contribution is 0.477. The van der Waals surface area contributed by atoms with Crippen LogP contribution in [-0.2, 0) is 0 Å². The third-order valence-electron chi connectivity index (χ3n) is 13.7. The molecule has 0 aliphatic carbocycles. The topological polar surface area (TPSA) is 72.2 Å². The third kappa shape index (κ3) is 9.40. The van der Waals surface area contributed by atoms with Gasteiger partial charge in [0.05, 0.1) is 23.3 Å². The zero-order chi connectivity index (χ0) is 50.7. The van der Waals surface area contributed by atoms with Crippen molar-refractivity contribution in [3.8, 4) is 56.1 Å². The van der Waals surface area contributed by atoms with Crippen LogP contribution in [0.1, 0.15) is 27.9 Å². The number of aliphatic imine (C=N–C) groups is 1. The molecule has 0 spiro atoms. The Balaban J connectivity index is 0.919. The minimum Gasteiger partial charge on any atom is -0.507 e. The Hall–Kier alpha value is -9.52. The summed E-state index contributed by atoms with van der Waals surface area (Å²) in [4.78, 5) is 14.6. The van der Waals surface area contributed by atoms with Gasteiger partial charge in [0.1, 0.15) is 11.5 Å². The second-order valence-electron chi connectivity index (χ2n) is 18.8. The number of aryl methyl sites for hydroxylation is 4. The Bertz CT molecular complexity index is 3720. The maximum atomic E-state index is 11.9. The number of nitrogens with zero attached hydrogens (tertiary/aromatic N) is 4. The predicted octanol–water partition coefficient (Wildman–Crippen LogP) is 18.2. The number of aromatic hydroxyl groups is 2. The van der Waals surface area contributed by atoms with Crippen molar-refractivity contribution >= 4 is 56.8 Å². The Morgan fingerprint density at radius 1 is 0.378 bits per heavy atom. The van der Waals surface area contributed by atoms with E-state index in [4.69, 9.17) is 9.98 Å². The first kappa shape index (κ1) is 46.8. The monoisotopic (exact) mass is 958 g/mol. The van der Waals surface area contributed by atoms with Gasteiger partial charge >= 0.3 is 0 Å². The van der Waals surface area contributed by atoms with E-state index in [1.54, 1.807) is 6.21 Å². The number of rotatable bonds is 12. The van der Waals surface area contributed by atoms with E-state index in [-0.39, 0.29) is 11.5 Å². The molecule has 74 heavy (non-hydrogen) atoms. The molecule has 11 aromatic rings. The smallest absolute Gasteiger partial charge is 0.126 e. The fourth-order valence-electron chi connectivity index (χ4n) is 10.5. The second kappa shape index (κ2) is 20.3. The average molecular weight is 959 g/mol. The summed E-state index contributed by atoms with van der Waals surface area (Å²) in [6.45, 7) is 8.52. The molecule has 358 valence electrons. The van der Waals surface area contributed by atoms with Crippen molar-refractivity contribution in [2.75, 3.05) is 9.80 Å². The number of para-hydroxylation sites is 4. The van der Waals surface area contributed by atoms with Crippen molar-refractivity contribution in [1.82, 2.24) is 4.98 Å². The van der Waals surface area contributed by atoms with Crippen LogP contribution in [0.25, 0.3) is 55.4 Å². The SMILES string of the molecule is Cc1cc(N(c2ccccc2)c2ccccc2)cc(C)c1-c1ccc(-c2cc(-c3ccccc3)cc(C=Nc3cccc4cc(-c5c(C)cc(N(c6ccccc6)c6ccccc6)cc5C)cc(O)c34)n2)c(O)c1. The van der Waals surface area contributed by atoms with E-state index in [1.807, 2.05) is 91.0 Å². The molecule has 0 saturated carbocycles. The number of phenolic OH excluding ortho intramolecular Hbond substituents is 2. The molecule has 0 aliphatic heterocycles. The summed E-state index contributed by atoms with van der Waals surface area (Å²) in [5.74, 6) is 0.269. The van der Waals surface area contributed by atoms with Gasteiger partial charge in [-0.3, -0.25) is 4.99 Å². The molecule has 0 bridgehead atoms. The minimum atomic E-state index is 0.126. The summed E-state index contributed by atoms with van der Waals surface area (Å²) in [6, 6.07) is 80.4. The van der Waals surface area contributed by atoms with Crippen LogP contribution in [0.5, 0.6) is 11.5 Å². The van der Waals surface area contributed by atoms with Gasteiger partial charge in [0.25, 0.3) is 0 Å². The van der Waals surface area contributed by atoms with Gasteiger partial charge in [-0.05, 0) is 204 Å². The molecule has 10 aromatic carbocycles. The second-order valence-corrected chi connectivity index (χ2v) is 18.8. The molecule has 0 saturated heterocycles. The molecule has 0 unspecified atom stereocenters. The standard InChI is InChI=1S/C68H54N4O2/c1-45-35-59(71(55-24-12-6-13-25-55)56-26-14-7-15-27-56)36-46(2)66(45)51-33-34-61(64(73)42-51)63-41-52(49-21-10-5-11-22-49)40-54(70-63)44-69-62-32-20-23-50-39-53(43-65(74)68(50)62)67-47(3)37-60(38-48(67)4)72(57-28-16-8-17-29-57)58-30-18-9-19-31-58/h5-44,73-74H,1-4H3. The van der Waals surface area contributed by atoms with Gasteiger partial charge in [0, 0.05) is 45.1 Å². The van der Waals surface area contributed by atoms with E-state index >= 15 is 0 Å². The Morgan fingerprint density at radius 2 is 0.838 bits per heavy atom. The summed E-state index contributed by atoms with van der Waals surface area (Å²) in [5, 5.41) is 25.3. The highest BCUT2D eigenvalue weighted by Gasteiger charge is 2.20. The largest absolute Gasteiger partial charge is 0.507 e. The molecule has 0 amide bonds. The van der Waals surface area contributed by atoms with Crippen LogP contribution in [0, 0.1) is 27.7 Å². The molecule has 0 radical (unpaired) electrons. The van der Waals surface area contributed by atoms with Crippen molar-refractivity contribution < 1.29 is 10.2 Å². The van der Waals surface area contributed by atoms with E-state index in [0.717, 1.165) is 95.1 Å². The Labute approximate surface area is 433 Å². The number of hydrogen-bond acceptors (Lipinski definition) is 6. The molecular formula is C68H54N4O2. The van der Waals surface area contributed by atoms with Crippen LogP contribution in [0.4, 0.5) is 39.8 Å². The lowest BCUT2D eigenvalue weighted by Gasteiger charge is -2.27. The summed E-state index contributed by atoms with van der Waals surface area (Å²) in [6.07, 6.45) is 1.74. The first-order valence-electron chi connectivity index (χ1n) is 24.9. The van der Waals surface area contributed by atoms with Gasteiger partial charge < -0.3 is 20.0 Å². The maximum Gasteiger partial charge on any atom is 0.126 e. The number of phenols is 2. The highest BCUT2D eigenvalue weighted by atomic mass is 16.3. The van der Waals surface area contributed by atoms with Crippen molar-refractivity contribution in [3.63, 3.8) is 0 Å². The molecular weight excluding hydrogens is 905 g/mol. The van der Waals surface area contributed by atoms with Crippen LogP contribution in [0.3, 0.4) is 0 Å². The number of pyridine rings is 1. The van der Waals surface area contributed by atoms with Gasteiger partial charge in [-0.25, -0.2) is 4.98 Å². The molecule has 0 atom stereocenters. The highest BCUT2D eigenvalue weighted by Crippen LogP contribution is 2.44. The molecule has 6 heteroatoms. The van der Waals surface area contributed by atoms with Crippen molar-refractivity contribution in [2.45, 2.75) is 27.7 Å². The Kier molecular flexibility index (Phi) is 12.9. The Morgan fingerprint density at radius 3 is 1.32 bits per heavy atom. The lowest BCUT2D eigenvalue weighted by Crippen LogP contribution is -2.10. The summed E-state index contributed by atoms with van der Waals surface area (Å²) < 4.78 is 0. The van der Waals surface area contributed by atoms with Gasteiger partial charge in [0.2, 0.25) is 0 Å². The molecule has 0 fully saturated rings. The predicted molar refractivity (Wildman–Crippen MR) is 309 cm³/mol. The zero-order valence-corrected chi connectivity index (χ0v) is 41.8. The number of benzene rings is 10. The van der Waals surface area contributed by atoms with Crippen molar-refractivity contribution in [3.05, 3.63) is 265 Å². The van der Waals surface area contributed by atoms with Crippen LogP contribution in [-0.4, -0.2) is 21.4 Å². The first-order chi connectivity index (χ1) is 36.2. The van der Waals surface area contributed by atoms with Gasteiger partial charge in [-0.15, -0.1) is 0 Å². The van der Waals surface area contributed by atoms with E-state index in [9.17, 15) is 10.2 Å². The summed E-state index contributed by atoms with van der Waals surface area (Å²) in [7, 11) is 0. The zero-order valence-electron chi connectivity index (χ0n) is 41.8. The molecule has 2 N–H and O–H groups in total. The first-order valence-corrected chi connectivity index (χ1v) is 24.9.